The number of H-pyrrole nitrogens is 1. The van der Waals surface area contributed by atoms with Gasteiger partial charge in [0.15, 0.2) is 5.16 Å². The summed E-state index contributed by atoms with van der Waals surface area (Å²) in [6.45, 7) is 2.90. The van der Waals surface area contributed by atoms with Gasteiger partial charge in [-0.3, -0.25) is 4.79 Å². The predicted octanol–water partition coefficient (Wildman–Crippen LogP) is 5.21. The van der Waals surface area contributed by atoms with E-state index in [0.29, 0.717) is 17.0 Å². The lowest BCUT2D eigenvalue weighted by Gasteiger charge is -2.05. The van der Waals surface area contributed by atoms with E-state index in [1.54, 1.807) is 29.0 Å². The number of thioether (sulfide) groups is 1. The first-order chi connectivity index (χ1) is 14.7. The Morgan fingerprint density at radius 1 is 1.23 bits per heavy atom. The Kier molecular flexibility index (Phi) is 5.55. The molecule has 152 valence electrons. The highest BCUT2D eigenvalue weighted by Gasteiger charge is 2.15. The fraction of sp³-hybridized carbons (Fsp3) is 0.200. The van der Waals surface area contributed by atoms with Crippen molar-refractivity contribution in [2.24, 2.45) is 0 Å². The monoisotopic (exact) mass is 471 g/mol. The molecule has 0 fully saturated rings. The molecule has 0 aromatic carbocycles. The SMILES string of the molecule is Cc1ccc(-c2csc3nc(CSc4nncn4CCc4cccs4)[nH]c(=O)c23)s1. The summed E-state index contributed by atoms with van der Waals surface area (Å²) in [7, 11) is 0. The van der Waals surface area contributed by atoms with Crippen LogP contribution in [0.4, 0.5) is 0 Å². The molecule has 10 heteroatoms. The summed E-state index contributed by atoms with van der Waals surface area (Å²) in [5.41, 5.74) is 0.881. The van der Waals surface area contributed by atoms with Crippen molar-refractivity contribution in [1.82, 2.24) is 24.7 Å². The van der Waals surface area contributed by atoms with Crippen LogP contribution in [0, 0.1) is 6.92 Å². The van der Waals surface area contributed by atoms with Crippen LogP contribution in [0.1, 0.15) is 15.6 Å². The molecule has 1 N–H and O–H groups in total. The van der Waals surface area contributed by atoms with Gasteiger partial charge in [0.2, 0.25) is 0 Å². The third-order valence-electron chi connectivity index (χ3n) is 4.60. The van der Waals surface area contributed by atoms with Crippen LogP contribution in [0.5, 0.6) is 0 Å². The number of nitrogens with zero attached hydrogens (tertiary/aromatic N) is 4. The van der Waals surface area contributed by atoms with Crippen molar-refractivity contribution in [1.29, 1.82) is 0 Å². The second-order valence-electron chi connectivity index (χ2n) is 6.68. The van der Waals surface area contributed by atoms with Gasteiger partial charge in [0.05, 0.1) is 11.1 Å². The van der Waals surface area contributed by atoms with Crippen molar-refractivity contribution < 1.29 is 0 Å². The van der Waals surface area contributed by atoms with Crippen LogP contribution in [0.3, 0.4) is 0 Å². The van der Waals surface area contributed by atoms with Crippen LogP contribution >= 0.6 is 45.8 Å². The lowest BCUT2D eigenvalue weighted by molar-refractivity contribution is 0.637. The molecule has 0 saturated carbocycles. The van der Waals surface area contributed by atoms with E-state index in [-0.39, 0.29) is 5.56 Å². The Balaban J connectivity index is 1.33. The molecule has 0 aliphatic carbocycles. The van der Waals surface area contributed by atoms with Crippen molar-refractivity contribution in [3.63, 3.8) is 0 Å². The number of fused-ring (bicyclic) bond motifs is 1. The van der Waals surface area contributed by atoms with E-state index < -0.39 is 0 Å². The number of aromatic amines is 1. The quantitative estimate of drug-likeness (QED) is 0.330. The summed E-state index contributed by atoms with van der Waals surface area (Å²) in [6, 6.07) is 8.34. The van der Waals surface area contributed by atoms with Gasteiger partial charge in [-0.2, -0.15) is 0 Å². The molecular weight excluding hydrogens is 455 g/mol. The Morgan fingerprint density at radius 2 is 2.17 bits per heavy atom. The molecule has 5 rings (SSSR count). The molecule has 5 heterocycles. The third-order valence-corrected chi connectivity index (χ3v) is 8.43. The van der Waals surface area contributed by atoms with E-state index in [9.17, 15) is 4.79 Å². The van der Waals surface area contributed by atoms with Gasteiger partial charge < -0.3 is 9.55 Å². The summed E-state index contributed by atoms with van der Waals surface area (Å²) in [5.74, 6) is 1.19. The van der Waals surface area contributed by atoms with Crippen LogP contribution < -0.4 is 5.56 Å². The molecule has 0 saturated heterocycles. The standard InChI is InChI=1S/C20H17N5OS4/c1-12-4-5-15(30-12)14-9-28-19-17(14)18(26)22-16(23-19)10-29-20-24-21-11-25(20)7-6-13-3-2-8-27-13/h2-5,8-9,11H,6-7,10H2,1H3,(H,22,23,26). The number of rotatable bonds is 7. The summed E-state index contributed by atoms with van der Waals surface area (Å²) in [6.07, 6.45) is 2.70. The maximum Gasteiger partial charge on any atom is 0.260 e. The largest absolute Gasteiger partial charge is 0.309 e. The molecule has 0 aliphatic heterocycles. The lowest BCUT2D eigenvalue weighted by Crippen LogP contribution is -2.11. The lowest BCUT2D eigenvalue weighted by atomic mass is 10.2. The highest BCUT2D eigenvalue weighted by atomic mass is 32.2. The van der Waals surface area contributed by atoms with Crippen molar-refractivity contribution in [3.8, 4) is 10.4 Å². The first-order valence-electron chi connectivity index (χ1n) is 9.27. The van der Waals surface area contributed by atoms with E-state index in [2.05, 4.69) is 51.8 Å². The maximum atomic E-state index is 12.8. The predicted molar refractivity (Wildman–Crippen MR) is 126 cm³/mol. The molecule has 0 aliphatic rings. The third kappa shape index (κ3) is 4.00. The zero-order valence-corrected chi connectivity index (χ0v) is 19.3. The number of hydrogen-bond donors (Lipinski definition) is 1. The van der Waals surface area contributed by atoms with Crippen molar-refractivity contribution in [2.75, 3.05) is 0 Å². The van der Waals surface area contributed by atoms with E-state index in [4.69, 9.17) is 4.98 Å². The smallest absolute Gasteiger partial charge is 0.260 e. The van der Waals surface area contributed by atoms with Crippen LogP contribution in [-0.2, 0) is 18.7 Å². The van der Waals surface area contributed by atoms with Crippen molar-refractivity contribution >= 4 is 56.0 Å². The van der Waals surface area contributed by atoms with E-state index in [1.807, 2.05) is 9.95 Å². The second kappa shape index (κ2) is 8.46. The molecule has 5 aromatic rings. The van der Waals surface area contributed by atoms with E-state index >= 15 is 0 Å². The highest BCUT2D eigenvalue weighted by molar-refractivity contribution is 7.98. The molecular formula is C20H17N5OS4. The summed E-state index contributed by atoms with van der Waals surface area (Å²) >= 11 is 6.50. The molecule has 0 spiro atoms. The maximum absolute atomic E-state index is 12.8. The van der Waals surface area contributed by atoms with Gasteiger partial charge in [-0.15, -0.1) is 44.2 Å². The van der Waals surface area contributed by atoms with Crippen LogP contribution in [0.25, 0.3) is 20.7 Å². The van der Waals surface area contributed by atoms with Gasteiger partial charge in [0.1, 0.15) is 17.0 Å². The summed E-state index contributed by atoms with van der Waals surface area (Å²) in [5, 5.41) is 13.9. The number of thiophene rings is 3. The molecule has 5 aromatic heterocycles. The van der Waals surface area contributed by atoms with E-state index in [0.717, 1.165) is 33.4 Å². The van der Waals surface area contributed by atoms with Crippen LogP contribution in [0.2, 0.25) is 0 Å². The van der Waals surface area contributed by atoms with Gasteiger partial charge in [-0.05, 0) is 36.9 Å². The summed E-state index contributed by atoms with van der Waals surface area (Å²) in [4.78, 5) is 24.9. The van der Waals surface area contributed by atoms with Gasteiger partial charge in [-0.25, -0.2) is 4.98 Å². The average Bonchev–Trinajstić information content (AvgIpc) is 3.51. The molecule has 30 heavy (non-hydrogen) atoms. The molecule has 0 unspecified atom stereocenters. The molecule has 6 nitrogen and oxygen atoms in total. The number of nitrogens with one attached hydrogen (secondary N) is 1. The minimum atomic E-state index is -0.0861. The average molecular weight is 472 g/mol. The topological polar surface area (TPSA) is 76.5 Å². The molecule has 0 atom stereocenters. The number of aryl methyl sites for hydroxylation is 3. The van der Waals surface area contributed by atoms with Gasteiger partial charge in [0.25, 0.3) is 5.56 Å². The van der Waals surface area contributed by atoms with E-state index in [1.165, 1.54) is 32.9 Å². The van der Waals surface area contributed by atoms with Crippen molar-refractivity contribution in [2.45, 2.75) is 30.8 Å². The fourth-order valence-electron chi connectivity index (χ4n) is 3.15. The summed E-state index contributed by atoms with van der Waals surface area (Å²) < 4.78 is 2.05. The molecule has 0 bridgehead atoms. The van der Waals surface area contributed by atoms with Crippen molar-refractivity contribution in [3.05, 3.63) is 67.3 Å². The Hall–Kier alpha value is -2.27. The minimum Gasteiger partial charge on any atom is -0.309 e. The minimum absolute atomic E-state index is 0.0861. The van der Waals surface area contributed by atoms with Gasteiger partial charge >= 0.3 is 0 Å². The normalized spacial score (nSPS) is 11.5. The fourth-order valence-corrected chi connectivity index (χ4v) is 6.58. The molecule has 0 amide bonds. The molecule has 0 radical (unpaired) electrons. The van der Waals surface area contributed by atoms with Crippen LogP contribution in [0.15, 0.2) is 51.3 Å². The Morgan fingerprint density at radius 3 is 2.97 bits per heavy atom. The number of hydrogen-bond acceptors (Lipinski definition) is 8. The number of aromatic nitrogens is 5. The van der Waals surface area contributed by atoms with Gasteiger partial charge in [-0.1, -0.05) is 17.8 Å². The van der Waals surface area contributed by atoms with Crippen LogP contribution in [-0.4, -0.2) is 24.7 Å². The first kappa shape index (κ1) is 19.7. The Labute approximate surface area is 188 Å². The van der Waals surface area contributed by atoms with Gasteiger partial charge in [0, 0.05) is 32.1 Å². The zero-order chi connectivity index (χ0) is 20.5. The zero-order valence-electron chi connectivity index (χ0n) is 16.0. The first-order valence-corrected chi connectivity index (χ1v) is 12.8. The highest BCUT2D eigenvalue weighted by Crippen LogP contribution is 2.35. The second-order valence-corrected chi connectivity index (χ2v) is 10.8. The Bertz CT molecular complexity index is 1350.